The van der Waals surface area contributed by atoms with Crippen LogP contribution in [0.25, 0.3) is 11.5 Å². The lowest BCUT2D eigenvalue weighted by Gasteiger charge is -2.22. The van der Waals surface area contributed by atoms with Gasteiger partial charge < -0.3 is 15.1 Å². The van der Waals surface area contributed by atoms with Crippen molar-refractivity contribution in [1.29, 1.82) is 0 Å². The second-order valence-electron chi connectivity index (χ2n) is 7.27. The molecule has 0 spiro atoms. The van der Waals surface area contributed by atoms with Crippen LogP contribution in [0.1, 0.15) is 32.6 Å². The quantitative estimate of drug-likeness (QED) is 0.741. The van der Waals surface area contributed by atoms with E-state index in [-0.39, 0.29) is 17.6 Å². The summed E-state index contributed by atoms with van der Waals surface area (Å²) in [4.78, 5) is 23.3. The highest BCUT2D eigenvalue weighted by molar-refractivity contribution is 7.99. The summed E-state index contributed by atoms with van der Waals surface area (Å²) >= 11 is 1.25. The highest BCUT2D eigenvalue weighted by atomic mass is 32.2. The van der Waals surface area contributed by atoms with E-state index in [9.17, 15) is 9.59 Å². The van der Waals surface area contributed by atoms with Crippen LogP contribution in [0.3, 0.4) is 0 Å². The number of aromatic nitrogens is 2. The van der Waals surface area contributed by atoms with Crippen molar-refractivity contribution in [2.45, 2.75) is 43.9 Å². The molecule has 0 saturated heterocycles. The first-order chi connectivity index (χ1) is 13.1. The smallest absolute Gasteiger partial charge is 0.277 e. The van der Waals surface area contributed by atoms with Gasteiger partial charge in [-0.3, -0.25) is 9.59 Å². The number of benzene rings is 1. The van der Waals surface area contributed by atoms with Gasteiger partial charge in [0.15, 0.2) is 0 Å². The summed E-state index contributed by atoms with van der Waals surface area (Å²) in [5.74, 6) is 2.04. The molecule has 0 aliphatic heterocycles. The molecule has 2 amide bonds. The Labute approximate surface area is 161 Å². The summed E-state index contributed by atoms with van der Waals surface area (Å²) in [6.07, 6.45) is 4.96. The van der Waals surface area contributed by atoms with Crippen LogP contribution in [0.15, 0.2) is 33.9 Å². The van der Waals surface area contributed by atoms with E-state index in [1.165, 1.54) is 37.9 Å². The van der Waals surface area contributed by atoms with Crippen LogP contribution in [0.4, 0.5) is 5.69 Å². The molecule has 3 atom stereocenters. The van der Waals surface area contributed by atoms with Crippen LogP contribution < -0.4 is 10.6 Å². The first-order valence-electron chi connectivity index (χ1n) is 9.20. The van der Waals surface area contributed by atoms with Gasteiger partial charge in [0, 0.05) is 24.2 Å². The molecule has 2 saturated carbocycles. The van der Waals surface area contributed by atoms with Crippen LogP contribution >= 0.6 is 11.8 Å². The molecular formula is C19H22N4O3S. The van der Waals surface area contributed by atoms with Gasteiger partial charge >= 0.3 is 0 Å². The maximum atomic E-state index is 12.2. The van der Waals surface area contributed by atoms with Gasteiger partial charge in [0.1, 0.15) is 0 Å². The third-order valence-electron chi connectivity index (χ3n) is 5.27. The minimum absolute atomic E-state index is 0.0250. The van der Waals surface area contributed by atoms with Crippen molar-refractivity contribution in [3.05, 3.63) is 24.3 Å². The number of fused-ring (bicyclic) bond motifs is 2. The Morgan fingerprint density at radius 2 is 2.00 bits per heavy atom. The molecular weight excluding hydrogens is 364 g/mol. The first-order valence-corrected chi connectivity index (χ1v) is 10.2. The fraction of sp³-hybridized carbons (Fsp3) is 0.474. The number of rotatable bonds is 6. The topological polar surface area (TPSA) is 97.1 Å². The molecule has 2 aromatic rings. The first kappa shape index (κ1) is 18.0. The monoisotopic (exact) mass is 386 g/mol. The van der Waals surface area contributed by atoms with Gasteiger partial charge in [-0.15, -0.1) is 10.2 Å². The SMILES string of the molecule is CC(=O)Nc1ccc(-c2nnc(SCC(=O)N[C@H]3C[C@@H]4CC[C@@H]3C4)o2)cc1. The lowest BCUT2D eigenvalue weighted by Crippen LogP contribution is -2.39. The van der Waals surface area contributed by atoms with E-state index < -0.39 is 0 Å². The van der Waals surface area contributed by atoms with Gasteiger partial charge in [0.05, 0.1) is 5.75 Å². The second kappa shape index (κ2) is 7.72. The summed E-state index contributed by atoms with van der Waals surface area (Å²) in [6.45, 7) is 1.46. The van der Waals surface area contributed by atoms with Crippen molar-refractivity contribution in [1.82, 2.24) is 15.5 Å². The normalized spacial score (nSPS) is 23.4. The molecule has 2 bridgehead atoms. The van der Waals surface area contributed by atoms with Crippen LogP contribution in [0.2, 0.25) is 0 Å². The Morgan fingerprint density at radius 3 is 2.67 bits per heavy atom. The standard InChI is InChI=1S/C19H22N4O3S/c1-11(24)20-15-6-4-13(5-7-15)18-22-23-19(26-18)27-10-17(25)21-16-9-12-2-3-14(16)8-12/h4-7,12,14,16H,2-3,8-10H2,1H3,(H,20,24)(H,21,25)/t12-,14-,16+/m1/s1. The highest BCUT2D eigenvalue weighted by Crippen LogP contribution is 2.44. The zero-order chi connectivity index (χ0) is 18.8. The fourth-order valence-corrected chi connectivity index (χ4v) is 4.66. The summed E-state index contributed by atoms with van der Waals surface area (Å²) in [6, 6.07) is 7.49. The maximum absolute atomic E-state index is 12.2. The van der Waals surface area contributed by atoms with Gasteiger partial charge in [-0.1, -0.05) is 18.2 Å². The lowest BCUT2D eigenvalue weighted by atomic mass is 9.95. The Bertz CT molecular complexity index is 836. The minimum Gasteiger partial charge on any atom is -0.411 e. The van der Waals surface area contributed by atoms with Crippen LogP contribution in [0, 0.1) is 11.8 Å². The molecule has 1 aromatic carbocycles. The molecule has 2 N–H and O–H groups in total. The lowest BCUT2D eigenvalue weighted by molar-refractivity contribution is -0.119. The second-order valence-corrected chi connectivity index (χ2v) is 8.20. The molecule has 2 aliphatic carbocycles. The van der Waals surface area contributed by atoms with Crippen LogP contribution in [-0.2, 0) is 9.59 Å². The largest absolute Gasteiger partial charge is 0.411 e. The number of anilines is 1. The van der Waals surface area contributed by atoms with E-state index in [0.717, 1.165) is 17.9 Å². The van der Waals surface area contributed by atoms with Crippen molar-refractivity contribution in [3.8, 4) is 11.5 Å². The van der Waals surface area contributed by atoms with Crippen molar-refractivity contribution in [3.63, 3.8) is 0 Å². The maximum Gasteiger partial charge on any atom is 0.277 e. The van der Waals surface area contributed by atoms with Crippen molar-refractivity contribution < 1.29 is 14.0 Å². The van der Waals surface area contributed by atoms with E-state index in [0.29, 0.717) is 28.8 Å². The van der Waals surface area contributed by atoms with Crippen molar-refractivity contribution >= 4 is 29.3 Å². The number of hydrogen-bond acceptors (Lipinski definition) is 6. The summed E-state index contributed by atoms with van der Waals surface area (Å²) in [5.41, 5.74) is 1.47. The molecule has 1 aromatic heterocycles. The van der Waals surface area contributed by atoms with Crippen LogP contribution in [-0.4, -0.2) is 33.8 Å². The van der Waals surface area contributed by atoms with Crippen LogP contribution in [0.5, 0.6) is 0 Å². The zero-order valence-electron chi connectivity index (χ0n) is 15.1. The van der Waals surface area contributed by atoms with Gasteiger partial charge in [-0.05, 0) is 55.4 Å². The van der Waals surface area contributed by atoms with E-state index in [1.54, 1.807) is 24.3 Å². The van der Waals surface area contributed by atoms with E-state index in [4.69, 9.17) is 4.42 Å². The highest BCUT2D eigenvalue weighted by Gasteiger charge is 2.40. The number of amides is 2. The molecule has 27 heavy (non-hydrogen) atoms. The van der Waals surface area contributed by atoms with E-state index >= 15 is 0 Å². The van der Waals surface area contributed by atoms with Gasteiger partial charge in [-0.2, -0.15) is 0 Å². The Hall–Kier alpha value is -2.35. The average molecular weight is 386 g/mol. The summed E-state index contributed by atoms with van der Waals surface area (Å²) < 4.78 is 5.63. The number of nitrogens with zero attached hydrogens (tertiary/aromatic N) is 2. The number of carbonyl (C=O) groups excluding carboxylic acids is 2. The van der Waals surface area contributed by atoms with Gasteiger partial charge in [0.25, 0.3) is 5.22 Å². The number of nitrogens with one attached hydrogen (secondary N) is 2. The molecule has 4 rings (SSSR count). The number of carbonyl (C=O) groups is 2. The molecule has 7 nitrogen and oxygen atoms in total. The molecule has 0 radical (unpaired) electrons. The van der Waals surface area contributed by atoms with Crippen molar-refractivity contribution in [2.75, 3.05) is 11.1 Å². The number of hydrogen-bond donors (Lipinski definition) is 2. The molecule has 0 unspecified atom stereocenters. The average Bonchev–Trinajstić information content (AvgIpc) is 3.37. The molecule has 8 heteroatoms. The third kappa shape index (κ3) is 4.32. The number of thioether (sulfide) groups is 1. The minimum atomic E-state index is -0.122. The van der Waals surface area contributed by atoms with Gasteiger partial charge in [0.2, 0.25) is 17.7 Å². The Kier molecular flexibility index (Phi) is 5.15. The molecule has 2 fully saturated rings. The third-order valence-corrected chi connectivity index (χ3v) is 6.09. The Balaban J connectivity index is 1.29. The predicted octanol–water partition coefficient (Wildman–Crippen LogP) is 3.09. The molecule has 1 heterocycles. The van der Waals surface area contributed by atoms with E-state index in [2.05, 4.69) is 20.8 Å². The molecule has 142 valence electrons. The van der Waals surface area contributed by atoms with E-state index in [1.807, 2.05) is 0 Å². The van der Waals surface area contributed by atoms with Crippen molar-refractivity contribution in [2.24, 2.45) is 11.8 Å². The zero-order valence-corrected chi connectivity index (χ0v) is 15.9. The summed E-state index contributed by atoms with van der Waals surface area (Å²) in [7, 11) is 0. The predicted molar refractivity (Wildman–Crippen MR) is 102 cm³/mol. The Morgan fingerprint density at radius 1 is 1.19 bits per heavy atom. The molecule has 2 aliphatic rings. The van der Waals surface area contributed by atoms with Gasteiger partial charge in [-0.25, -0.2) is 0 Å². The fourth-order valence-electron chi connectivity index (χ4n) is 4.08. The summed E-state index contributed by atoms with van der Waals surface area (Å²) in [5, 5.41) is 14.3.